The molecule has 33 heavy (non-hydrogen) atoms. The van der Waals surface area contributed by atoms with Crippen molar-refractivity contribution < 1.29 is 9.53 Å². The number of carbonyl (C=O) groups excluding carboxylic acids is 1. The van der Waals surface area contributed by atoms with Gasteiger partial charge in [-0.3, -0.25) is 4.79 Å². The predicted octanol–water partition coefficient (Wildman–Crippen LogP) is 3.02. The third-order valence-electron chi connectivity index (χ3n) is 5.81. The van der Waals surface area contributed by atoms with Gasteiger partial charge < -0.3 is 20.3 Å². The summed E-state index contributed by atoms with van der Waals surface area (Å²) in [5.41, 5.74) is 2.72. The Morgan fingerprint density at radius 2 is 1.85 bits per heavy atom. The largest absolute Gasteiger partial charge is 0.467 e. The molecular formula is C24H25N7O2. The average Bonchev–Trinajstić information content (AvgIpc) is 2.82. The third-order valence-corrected chi connectivity index (χ3v) is 5.81. The lowest BCUT2D eigenvalue weighted by Crippen LogP contribution is -2.54. The zero-order valence-electron chi connectivity index (χ0n) is 18.7. The number of para-hydroxylation sites is 1. The second-order valence-electron chi connectivity index (χ2n) is 8.32. The molecular weight excluding hydrogens is 418 g/mol. The summed E-state index contributed by atoms with van der Waals surface area (Å²) in [4.78, 5) is 33.1. The summed E-state index contributed by atoms with van der Waals surface area (Å²) in [6, 6.07) is 12.2. The van der Waals surface area contributed by atoms with Gasteiger partial charge in [0.15, 0.2) is 0 Å². The Morgan fingerprint density at radius 1 is 1.06 bits per heavy atom. The van der Waals surface area contributed by atoms with E-state index in [0.717, 1.165) is 35.1 Å². The monoisotopic (exact) mass is 443 g/mol. The molecule has 2 N–H and O–H groups in total. The highest BCUT2D eigenvalue weighted by Crippen LogP contribution is 2.31. The van der Waals surface area contributed by atoms with Gasteiger partial charge in [-0.15, -0.1) is 0 Å². The van der Waals surface area contributed by atoms with E-state index in [2.05, 4.69) is 49.3 Å². The number of hydrogen-bond acceptors (Lipinski definition) is 8. The van der Waals surface area contributed by atoms with Crippen molar-refractivity contribution in [3.05, 3.63) is 54.5 Å². The number of aromatic nitrogens is 4. The van der Waals surface area contributed by atoms with Crippen LogP contribution in [0.4, 0.5) is 11.5 Å². The number of piperazine rings is 1. The highest BCUT2D eigenvalue weighted by molar-refractivity contribution is 6.15. The van der Waals surface area contributed by atoms with Gasteiger partial charge in [0.1, 0.15) is 12.1 Å². The smallest absolute Gasteiger partial charge is 0.316 e. The van der Waals surface area contributed by atoms with Crippen molar-refractivity contribution >= 4 is 39.2 Å². The maximum atomic E-state index is 13.4. The summed E-state index contributed by atoms with van der Waals surface area (Å²) in [5, 5.41) is 8.05. The molecule has 0 saturated carbocycles. The number of nitrogens with zero attached hydrogens (tertiary/aromatic N) is 5. The Bertz CT molecular complexity index is 1330. The standard InChI is InChI=1S/C24H25N7O2/c1-14-11-31(12-15(2)28-14)20-9-8-17(21-18(20)10-25-24(29-21)33-3)23(32)30-22-16-6-4-5-7-19(16)26-13-27-22/h4-10,13-15,28H,11-12H2,1-3H3,(H,26,27,30,32). The molecule has 2 aromatic heterocycles. The van der Waals surface area contributed by atoms with E-state index in [1.807, 2.05) is 30.3 Å². The lowest BCUT2D eigenvalue weighted by molar-refractivity contribution is 0.102. The molecule has 0 bridgehead atoms. The summed E-state index contributed by atoms with van der Waals surface area (Å²) in [5.74, 6) is 0.145. The summed E-state index contributed by atoms with van der Waals surface area (Å²) in [6.45, 7) is 6.03. The third kappa shape index (κ3) is 4.03. The second kappa shape index (κ2) is 8.59. The average molecular weight is 444 g/mol. The molecule has 9 heteroatoms. The topological polar surface area (TPSA) is 105 Å². The van der Waals surface area contributed by atoms with E-state index in [1.165, 1.54) is 13.4 Å². The zero-order valence-corrected chi connectivity index (χ0v) is 18.7. The fraction of sp³-hybridized carbons (Fsp3) is 0.292. The highest BCUT2D eigenvalue weighted by Gasteiger charge is 2.25. The van der Waals surface area contributed by atoms with Crippen molar-refractivity contribution in [2.75, 3.05) is 30.4 Å². The van der Waals surface area contributed by atoms with Crippen LogP contribution < -0.4 is 20.3 Å². The Hall–Kier alpha value is -3.85. The minimum absolute atomic E-state index is 0.211. The van der Waals surface area contributed by atoms with Crippen LogP contribution in [-0.4, -0.2) is 58.1 Å². The lowest BCUT2D eigenvalue weighted by atomic mass is 10.0. The molecule has 2 atom stereocenters. The molecule has 1 saturated heterocycles. The van der Waals surface area contributed by atoms with E-state index in [-0.39, 0.29) is 11.9 Å². The molecule has 0 aliphatic carbocycles. The van der Waals surface area contributed by atoms with E-state index in [9.17, 15) is 4.79 Å². The fourth-order valence-electron chi connectivity index (χ4n) is 4.45. The minimum atomic E-state index is -0.307. The Balaban J connectivity index is 1.57. The number of nitrogens with one attached hydrogen (secondary N) is 2. The second-order valence-corrected chi connectivity index (χ2v) is 8.32. The van der Waals surface area contributed by atoms with E-state index in [1.54, 1.807) is 12.3 Å². The summed E-state index contributed by atoms with van der Waals surface area (Å²) in [6.07, 6.45) is 3.17. The van der Waals surface area contributed by atoms with Gasteiger partial charge in [-0.05, 0) is 38.1 Å². The van der Waals surface area contributed by atoms with Crippen molar-refractivity contribution in [1.82, 2.24) is 25.3 Å². The minimum Gasteiger partial charge on any atom is -0.467 e. The Morgan fingerprint density at radius 3 is 2.64 bits per heavy atom. The quantitative estimate of drug-likeness (QED) is 0.496. The van der Waals surface area contributed by atoms with Gasteiger partial charge in [0.2, 0.25) is 0 Å². The molecule has 1 fully saturated rings. The van der Waals surface area contributed by atoms with Gasteiger partial charge in [0.05, 0.1) is 23.7 Å². The van der Waals surface area contributed by atoms with Crippen LogP contribution in [0.3, 0.4) is 0 Å². The lowest BCUT2D eigenvalue weighted by Gasteiger charge is -2.38. The first kappa shape index (κ1) is 21.0. The Labute approximate surface area is 191 Å². The van der Waals surface area contributed by atoms with E-state index >= 15 is 0 Å². The van der Waals surface area contributed by atoms with Gasteiger partial charge in [-0.2, -0.15) is 4.98 Å². The summed E-state index contributed by atoms with van der Waals surface area (Å²) in [7, 11) is 1.51. The molecule has 0 radical (unpaired) electrons. The maximum absolute atomic E-state index is 13.4. The number of fused-ring (bicyclic) bond motifs is 2. The number of carbonyl (C=O) groups is 1. The molecule has 1 aliphatic rings. The van der Waals surface area contributed by atoms with Crippen LogP contribution in [0.25, 0.3) is 21.8 Å². The van der Waals surface area contributed by atoms with Crippen molar-refractivity contribution in [1.29, 1.82) is 0 Å². The van der Waals surface area contributed by atoms with Gasteiger partial charge in [0, 0.05) is 47.8 Å². The molecule has 2 unspecified atom stereocenters. The highest BCUT2D eigenvalue weighted by atomic mass is 16.5. The van der Waals surface area contributed by atoms with Crippen LogP contribution >= 0.6 is 0 Å². The summed E-state index contributed by atoms with van der Waals surface area (Å²) < 4.78 is 5.25. The van der Waals surface area contributed by atoms with Gasteiger partial charge in [-0.1, -0.05) is 12.1 Å². The molecule has 3 heterocycles. The molecule has 9 nitrogen and oxygen atoms in total. The van der Waals surface area contributed by atoms with Crippen molar-refractivity contribution in [2.45, 2.75) is 25.9 Å². The fourth-order valence-corrected chi connectivity index (χ4v) is 4.45. The number of amides is 1. The van der Waals surface area contributed by atoms with Gasteiger partial charge in [-0.25, -0.2) is 15.0 Å². The number of hydrogen-bond donors (Lipinski definition) is 2. The molecule has 1 amide bonds. The normalized spacial score (nSPS) is 18.5. The van der Waals surface area contributed by atoms with Crippen LogP contribution in [0.5, 0.6) is 6.01 Å². The molecule has 5 rings (SSSR count). The zero-order chi connectivity index (χ0) is 22.9. The number of ether oxygens (including phenoxy) is 1. The Kier molecular flexibility index (Phi) is 5.47. The molecule has 4 aromatic rings. The molecule has 1 aliphatic heterocycles. The number of methoxy groups -OCH3 is 1. The number of anilines is 2. The van der Waals surface area contributed by atoms with Crippen molar-refractivity contribution in [3.8, 4) is 6.01 Å². The summed E-state index contributed by atoms with van der Waals surface area (Å²) >= 11 is 0. The van der Waals surface area contributed by atoms with Gasteiger partial charge >= 0.3 is 6.01 Å². The number of benzene rings is 2. The van der Waals surface area contributed by atoms with Crippen LogP contribution in [0, 0.1) is 0 Å². The van der Waals surface area contributed by atoms with Crippen LogP contribution in [0.2, 0.25) is 0 Å². The molecule has 168 valence electrons. The van der Waals surface area contributed by atoms with Crippen LogP contribution in [-0.2, 0) is 0 Å². The van der Waals surface area contributed by atoms with Crippen molar-refractivity contribution in [2.24, 2.45) is 0 Å². The first-order valence-corrected chi connectivity index (χ1v) is 10.9. The van der Waals surface area contributed by atoms with E-state index in [0.29, 0.717) is 29.0 Å². The number of rotatable bonds is 4. The van der Waals surface area contributed by atoms with E-state index < -0.39 is 0 Å². The van der Waals surface area contributed by atoms with Crippen LogP contribution in [0.15, 0.2) is 48.9 Å². The molecule has 0 spiro atoms. The first-order chi connectivity index (χ1) is 16.0. The van der Waals surface area contributed by atoms with Crippen molar-refractivity contribution in [3.63, 3.8) is 0 Å². The first-order valence-electron chi connectivity index (χ1n) is 10.9. The SMILES string of the molecule is COc1ncc2c(N3CC(C)NC(C)C3)ccc(C(=O)Nc3ncnc4ccccc34)c2n1. The van der Waals surface area contributed by atoms with E-state index in [4.69, 9.17) is 4.74 Å². The maximum Gasteiger partial charge on any atom is 0.316 e. The van der Waals surface area contributed by atoms with Gasteiger partial charge in [0.25, 0.3) is 5.91 Å². The molecule has 2 aromatic carbocycles. The predicted molar refractivity (Wildman–Crippen MR) is 128 cm³/mol. The van der Waals surface area contributed by atoms with Crippen LogP contribution in [0.1, 0.15) is 24.2 Å².